The third kappa shape index (κ3) is 5.68. The van der Waals surface area contributed by atoms with Crippen LogP contribution in [0.4, 0.5) is 0 Å². The number of carbonyl (C=O) groups is 1. The molecule has 0 spiro atoms. The van der Waals surface area contributed by atoms with Crippen LogP contribution in [0, 0.1) is 0 Å². The van der Waals surface area contributed by atoms with E-state index in [1.54, 1.807) is 7.05 Å². The third-order valence-electron chi connectivity index (χ3n) is 2.05. The minimum atomic E-state index is -0.932. The monoisotopic (exact) mass is 221 g/mol. The molecule has 1 fully saturated rings. The minimum Gasteiger partial charge on any atom is -0.394 e. The number of aliphatic hydroxyl groups is 3. The Morgan fingerprint density at radius 3 is 2.40 bits per heavy atom. The highest BCUT2D eigenvalue weighted by atomic mass is 16.5. The summed E-state index contributed by atoms with van der Waals surface area (Å²) in [5.74, 6) is 0.00463. The van der Waals surface area contributed by atoms with Gasteiger partial charge in [-0.1, -0.05) is 0 Å². The Kier molecular flexibility index (Phi) is 7.23. The molecule has 1 rings (SSSR count). The maximum atomic E-state index is 9.70. The van der Waals surface area contributed by atoms with E-state index < -0.39 is 18.3 Å². The van der Waals surface area contributed by atoms with Crippen LogP contribution in [0.15, 0.2) is 0 Å². The maximum Gasteiger partial charge on any atom is 0.216 e. The molecule has 0 aliphatic carbocycles. The van der Waals surface area contributed by atoms with Crippen molar-refractivity contribution in [1.82, 2.24) is 5.32 Å². The zero-order valence-corrected chi connectivity index (χ0v) is 9.01. The van der Waals surface area contributed by atoms with Crippen LogP contribution >= 0.6 is 0 Å². The lowest BCUT2D eigenvalue weighted by atomic mass is 10.0. The number of hydrogen-bond donors (Lipinski definition) is 4. The average molecular weight is 221 g/mol. The molecule has 0 radical (unpaired) electrons. The summed E-state index contributed by atoms with van der Waals surface area (Å²) < 4.78 is 4.95. The quantitative estimate of drug-likeness (QED) is 0.420. The molecule has 3 unspecified atom stereocenters. The van der Waals surface area contributed by atoms with Gasteiger partial charge in [0.05, 0.1) is 12.7 Å². The largest absolute Gasteiger partial charge is 0.394 e. The van der Waals surface area contributed by atoms with Crippen LogP contribution in [0.5, 0.6) is 0 Å². The van der Waals surface area contributed by atoms with Crippen molar-refractivity contribution in [2.45, 2.75) is 31.7 Å². The van der Waals surface area contributed by atoms with Crippen molar-refractivity contribution in [3.8, 4) is 0 Å². The smallest absolute Gasteiger partial charge is 0.216 e. The van der Waals surface area contributed by atoms with E-state index in [0.29, 0.717) is 13.0 Å². The molecule has 15 heavy (non-hydrogen) atoms. The standard InChI is InChI=1S/C6H12O4.C3H7NO/c7-3-5-6(9)4(8)1-2-10-5;1-3(5)4-2/h4-9H,1-3H2;1-2H3,(H,4,5). The predicted octanol–water partition coefficient (Wildman–Crippen LogP) is -1.76. The minimum absolute atomic E-state index is 0.00463. The van der Waals surface area contributed by atoms with Gasteiger partial charge in [-0.15, -0.1) is 0 Å². The Morgan fingerprint density at radius 2 is 2.07 bits per heavy atom. The van der Waals surface area contributed by atoms with E-state index >= 15 is 0 Å². The lowest BCUT2D eigenvalue weighted by Gasteiger charge is -2.30. The average Bonchev–Trinajstić information content (AvgIpc) is 2.23. The van der Waals surface area contributed by atoms with Crippen LogP contribution in [0.2, 0.25) is 0 Å². The number of rotatable bonds is 1. The van der Waals surface area contributed by atoms with Gasteiger partial charge in [0.15, 0.2) is 0 Å². The summed E-state index contributed by atoms with van der Waals surface area (Å²) in [5.41, 5.74) is 0. The van der Waals surface area contributed by atoms with E-state index in [2.05, 4.69) is 5.32 Å². The first-order valence-electron chi connectivity index (χ1n) is 4.79. The van der Waals surface area contributed by atoms with Crippen LogP contribution in [0.1, 0.15) is 13.3 Å². The van der Waals surface area contributed by atoms with Crippen LogP contribution in [-0.4, -0.2) is 59.8 Å². The molecule has 0 aromatic heterocycles. The van der Waals surface area contributed by atoms with Crippen LogP contribution in [0.25, 0.3) is 0 Å². The van der Waals surface area contributed by atoms with Crippen molar-refractivity contribution in [2.75, 3.05) is 20.3 Å². The zero-order chi connectivity index (χ0) is 11.8. The van der Waals surface area contributed by atoms with Crippen molar-refractivity contribution in [3.05, 3.63) is 0 Å². The van der Waals surface area contributed by atoms with E-state index in [9.17, 15) is 4.79 Å². The van der Waals surface area contributed by atoms with Gasteiger partial charge in [-0.2, -0.15) is 0 Å². The topological polar surface area (TPSA) is 99.0 Å². The first-order chi connectivity index (χ1) is 7.02. The highest BCUT2D eigenvalue weighted by Crippen LogP contribution is 2.13. The van der Waals surface area contributed by atoms with Crippen LogP contribution < -0.4 is 5.32 Å². The normalized spacial score (nSPS) is 30.1. The summed E-state index contributed by atoms with van der Waals surface area (Å²) >= 11 is 0. The number of amides is 1. The maximum absolute atomic E-state index is 9.70. The van der Waals surface area contributed by atoms with Gasteiger partial charge in [-0.05, 0) is 6.42 Å². The molecule has 0 saturated carbocycles. The molecule has 0 aromatic carbocycles. The molecule has 3 atom stereocenters. The molecular formula is C9H19NO5. The molecule has 4 N–H and O–H groups in total. The second-order valence-electron chi connectivity index (χ2n) is 3.24. The molecule has 0 aromatic rings. The SMILES string of the molecule is CNC(C)=O.OCC1OCCC(O)C1O. The van der Waals surface area contributed by atoms with Crippen molar-refractivity contribution in [3.63, 3.8) is 0 Å². The number of nitrogens with one attached hydrogen (secondary N) is 1. The summed E-state index contributed by atoms with van der Waals surface area (Å²) in [6.45, 7) is 1.64. The van der Waals surface area contributed by atoms with E-state index in [1.807, 2.05) is 0 Å². The fourth-order valence-corrected chi connectivity index (χ4v) is 1.02. The lowest BCUT2D eigenvalue weighted by Crippen LogP contribution is -2.46. The Labute approximate surface area is 88.9 Å². The first-order valence-corrected chi connectivity index (χ1v) is 4.79. The fourth-order valence-electron chi connectivity index (χ4n) is 1.02. The van der Waals surface area contributed by atoms with Crippen molar-refractivity contribution >= 4 is 5.91 Å². The molecule has 1 amide bonds. The highest BCUT2D eigenvalue weighted by molar-refractivity contribution is 5.72. The molecule has 1 aliphatic heterocycles. The van der Waals surface area contributed by atoms with E-state index in [-0.39, 0.29) is 12.5 Å². The fraction of sp³-hybridized carbons (Fsp3) is 0.889. The summed E-state index contributed by atoms with van der Waals surface area (Å²) in [6.07, 6.45) is -1.84. The summed E-state index contributed by atoms with van der Waals surface area (Å²) in [7, 11) is 1.60. The van der Waals surface area contributed by atoms with E-state index in [4.69, 9.17) is 20.1 Å². The highest BCUT2D eigenvalue weighted by Gasteiger charge is 2.30. The third-order valence-corrected chi connectivity index (χ3v) is 2.05. The molecule has 1 aliphatic rings. The molecular weight excluding hydrogens is 202 g/mol. The van der Waals surface area contributed by atoms with Crippen molar-refractivity contribution < 1.29 is 24.9 Å². The van der Waals surface area contributed by atoms with Gasteiger partial charge in [0.25, 0.3) is 0 Å². The Balaban J connectivity index is 0.000000336. The molecule has 6 heteroatoms. The second kappa shape index (κ2) is 7.58. The predicted molar refractivity (Wildman–Crippen MR) is 53.2 cm³/mol. The second-order valence-corrected chi connectivity index (χ2v) is 3.24. The van der Waals surface area contributed by atoms with Crippen molar-refractivity contribution in [1.29, 1.82) is 0 Å². The number of aliphatic hydroxyl groups excluding tert-OH is 3. The van der Waals surface area contributed by atoms with E-state index in [0.717, 1.165) is 0 Å². The molecule has 0 bridgehead atoms. The van der Waals surface area contributed by atoms with Crippen molar-refractivity contribution in [2.24, 2.45) is 0 Å². The van der Waals surface area contributed by atoms with Crippen LogP contribution in [-0.2, 0) is 9.53 Å². The Bertz CT molecular complexity index is 187. The first kappa shape index (κ1) is 14.3. The summed E-state index contributed by atoms with van der Waals surface area (Å²) in [4.78, 5) is 9.70. The number of carbonyl (C=O) groups excluding carboxylic acids is 1. The molecule has 90 valence electrons. The summed E-state index contributed by atoms with van der Waals surface area (Å²) in [5, 5.41) is 29.1. The van der Waals surface area contributed by atoms with Gasteiger partial charge in [0, 0.05) is 20.6 Å². The number of ether oxygens (including phenoxy) is 1. The van der Waals surface area contributed by atoms with Gasteiger partial charge < -0.3 is 25.4 Å². The van der Waals surface area contributed by atoms with Gasteiger partial charge in [-0.25, -0.2) is 0 Å². The Hall–Kier alpha value is -0.690. The lowest BCUT2D eigenvalue weighted by molar-refractivity contribution is -0.147. The molecule has 1 heterocycles. The molecule has 6 nitrogen and oxygen atoms in total. The molecule has 1 saturated heterocycles. The van der Waals surface area contributed by atoms with Gasteiger partial charge in [0.1, 0.15) is 12.2 Å². The zero-order valence-electron chi connectivity index (χ0n) is 9.01. The van der Waals surface area contributed by atoms with Crippen LogP contribution in [0.3, 0.4) is 0 Å². The van der Waals surface area contributed by atoms with Gasteiger partial charge in [0.2, 0.25) is 5.91 Å². The van der Waals surface area contributed by atoms with Gasteiger partial charge in [-0.3, -0.25) is 4.79 Å². The summed E-state index contributed by atoms with van der Waals surface area (Å²) in [6, 6.07) is 0. The van der Waals surface area contributed by atoms with Gasteiger partial charge >= 0.3 is 0 Å². The van der Waals surface area contributed by atoms with E-state index in [1.165, 1.54) is 6.92 Å². The number of hydrogen-bond acceptors (Lipinski definition) is 5. The Morgan fingerprint density at radius 1 is 1.53 bits per heavy atom.